The molecule has 0 amide bonds. The highest BCUT2D eigenvalue weighted by molar-refractivity contribution is 5.62. The maximum atomic E-state index is 5.37. The van der Waals surface area contributed by atoms with E-state index in [2.05, 4.69) is 54.5 Å². The van der Waals surface area contributed by atoms with Crippen LogP contribution in [0.2, 0.25) is 0 Å². The number of benzene rings is 2. The van der Waals surface area contributed by atoms with E-state index < -0.39 is 0 Å². The predicted octanol–water partition coefficient (Wildman–Crippen LogP) is 4.02. The fourth-order valence-electron chi connectivity index (χ4n) is 2.49. The van der Waals surface area contributed by atoms with Gasteiger partial charge in [0.25, 0.3) is 0 Å². The van der Waals surface area contributed by atoms with Crippen LogP contribution in [0.4, 0.5) is 0 Å². The van der Waals surface area contributed by atoms with Gasteiger partial charge in [-0.1, -0.05) is 54.5 Å². The summed E-state index contributed by atoms with van der Waals surface area (Å²) in [5, 5.41) is 0. The molecule has 1 aliphatic rings. The molecular weight excluding hydrogens is 216 g/mol. The zero-order valence-electron chi connectivity index (χ0n) is 10.1. The Labute approximate surface area is 108 Å². The van der Waals surface area contributed by atoms with Crippen LogP contribution in [0.1, 0.15) is 28.2 Å². The minimum atomic E-state index is 0.498. The van der Waals surface area contributed by atoms with Crippen molar-refractivity contribution in [3.63, 3.8) is 0 Å². The third-order valence-corrected chi connectivity index (χ3v) is 3.48. The highest BCUT2D eigenvalue weighted by atomic mass is 14.2. The molecule has 0 radical (unpaired) electrons. The largest absolute Gasteiger partial charge is 0.115 e. The Morgan fingerprint density at radius 2 is 1.78 bits per heavy atom. The zero-order chi connectivity index (χ0) is 12.4. The summed E-state index contributed by atoms with van der Waals surface area (Å²) in [6.45, 7) is 0. The molecule has 2 aromatic rings. The second-order valence-corrected chi connectivity index (χ2v) is 4.64. The number of terminal acetylenes is 1. The Morgan fingerprint density at radius 1 is 1.00 bits per heavy atom. The fraction of sp³-hybridized carbons (Fsp3) is 0.111. The van der Waals surface area contributed by atoms with E-state index in [9.17, 15) is 0 Å². The van der Waals surface area contributed by atoms with Crippen LogP contribution in [-0.4, -0.2) is 0 Å². The highest BCUT2D eigenvalue weighted by Gasteiger charge is 2.16. The Kier molecular flexibility index (Phi) is 2.74. The molecule has 0 saturated carbocycles. The van der Waals surface area contributed by atoms with Crippen LogP contribution in [0.5, 0.6) is 0 Å². The first-order valence-corrected chi connectivity index (χ1v) is 6.19. The van der Waals surface area contributed by atoms with Gasteiger partial charge >= 0.3 is 0 Å². The van der Waals surface area contributed by atoms with Gasteiger partial charge in [0.05, 0.1) is 0 Å². The molecule has 1 aliphatic carbocycles. The van der Waals surface area contributed by atoms with Gasteiger partial charge in [-0.2, -0.15) is 0 Å². The summed E-state index contributed by atoms with van der Waals surface area (Å²) in [4.78, 5) is 0. The van der Waals surface area contributed by atoms with Gasteiger partial charge < -0.3 is 0 Å². The molecule has 0 heteroatoms. The van der Waals surface area contributed by atoms with Gasteiger partial charge in [-0.3, -0.25) is 0 Å². The second-order valence-electron chi connectivity index (χ2n) is 4.64. The molecule has 1 unspecified atom stereocenters. The normalized spacial score (nSPS) is 16.3. The Bertz CT molecular complexity index is 624. The van der Waals surface area contributed by atoms with E-state index >= 15 is 0 Å². The average Bonchev–Trinajstić information content (AvgIpc) is 2.83. The molecule has 3 rings (SSSR count). The molecule has 1 atom stereocenters. The Balaban J connectivity index is 1.82. The van der Waals surface area contributed by atoms with Crippen LogP contribution in [0.15, 0.2) is 54.6 Å². The predicted molar refractivity (Wildman–Crippen MR) is 76.3 cm³/mol. The quantitative estimate of drug-likeness (QED) is 0.683. The smallest absolute Gasteiger partial charge is 0.0242 e. The van der Waals surface area contributed by atoms with Gasteiger partial charge in [0.1, 0.15) is 0 Å². The van der Waals surface area contributed by atoms with Crippen molar-refractivity contribution in [2.24, 2.45) is 0 Å². The molecule has 2 aromatic carbocycles. The summed E-state index contributed by atoms with van der Waals surface area (Å²) in [5.74, 6) is 3.15. The lowest BCUT2D eigenvalue weighted by Crippen LogP contribution is -1.98. The van der Waals surface area contributed by atoms with Gasteiger partial charge in [0.15, 0.2) is 0 Å². The lowest BCUT2D eigenvalue weighted by atomic mass is 9.93. The van der Waals surface area contributed by atoms with Crippen molar-refractivity contribution in [1.82, 2.24) is 0 Å². The van der Waals surface area contributed by atoms with Crippen molar-refractivity contribution in [3.05, 3.63) is 76.9 Å². The summed E-state index contributed by atoms with van der Waals surface area (Å²) in [6, 6.07) is 16.9. The van der Waals surface area contributed by atoms with E-state index in [4.69, 9.17) is 6.42 Å². The second kappa shape index (κ2) is 4.55. The molecule has 0 N–H and O–H groups in total. The molecule has 18 heavy (non-hydrogen) atoms. The standard InChI is InChI=1S/C18H14/c1-2-14-7-9-15(10-8-14)13-17-12-11-16-5-3-4-6-18(16)17/h1,3-12,17H,13H2. The first-order chi connectivity index (χ1) is 8.86. The lowest BCUT2D eigenvalue weighted by molar-refractivity contribution is 0.850. The number of hydrogen-bond donors (Lipinski definition) is 0. The van der Waals surface area contributed by atoms with Crippen molar-refractivity contribution in [2.45, 2.75) is 12.3 Å². The minimum absolute atomic E-state index is 0.498. The summed E-state index contributed by atoms with van der Waals surface area (Å²) < 4.78 is 0. The fourth-order valence-corrected chi connectivity index (χ4v) is 2.49. The first-order valence-electron chi connectivity index (χ1n) is 6.19. The summed E-state index contributed by atoms with van der Waals surface area (Å²) in [6.07, 6.45) is 10.9. The van der Waals surface area contributed by atoms with Gasteiger partial charge in [0, 0.05) is 11.5 Å². The topological polar surface area (TPSA) is 0 Å². The van der Waals surface area contributed by atoms with Crippen molar-refractivity contribution < 1.29 is 0 Å². The molecule has 0 aromatic heterocycles. The van der Waals surface area contributed by atoms with Gasteiger partial charge in [-0.15, -0.1) is 6.42 Å². The van der Waals surface area contributed by atoms with Crippen LogP contribution in [0.3, 0.4) is 0 Å². The highest BCUT2D eigenvalue weighted by Crippen LogP contribution is 2.32. The summed E-state index contributed by atoms with van der Waals surface area (Å²) in [7, 11) is 0. The van der Waals surface area contributed by atoms with E-state index in [0.29, 0.717) is 5.92 Å². The molecular formula is C18H14. The molecule has 0 saturated heterocycles. The number of hydrogen-bond acceptors (Lipinski definition) is 0. The molecule has 0 heterocycles. The Morgan fingerprint density at radius 3 is 2.56 bits per heavy atom. The summed E-state index contributed by atoms with van der Waals surface area (Å²) >= 11 is 0. The van der Waals surface area contributed by atoms with Crippen molar-refractivity contribution in [3.8, 4) is 12.3 Å². The van der Waals surface area contributed by atoms with Crippen LogP contribution < -0.4 is 0 Å². The maximum Gasteiger partial charge on any atom is 0.0242 e. The van der Waals surface area contributed by atoms with E-state index in [1.54, 1.807) is 0 Å². The maximum absolute atomic E-state index is 5.37. The van der Waals surface area contributed by atoms with Gasteiger partial charge in [0.2, 0.25) is 0 Å². The van der Waals surface area contributed by atoms with Crippen LogP contribution in [0.25, 0.3) is 6.08 Å². The number of allylic oxidation sites excluding steroid dienone is 1. The molecule has 0 fully saturated rings. The Hall–Kier alpha value is -2.26. The molecule has 86 valence electrons. The van der Waals surface area contributed by atoms with E-state index in [1.807, 2.05) is 12.1 Å². The number of rotatable bonds is 2. The number of fused-ring (bicyclic) bond motifs is 1. The molecule has 0 aliphatic heterocycles. The zero-order valence-corrected chi connectivity index (χ0v) is 10.1. The van der Waals surface area contributed by atoms with E-state index in [1.165, 1.54) is 16.7 Å². The third kappa shape index (κ3) is 1.96. The van der Waals surface area contributed by atoms with Crippen molar-refractivity contribution in [1.29, 1.82) is 0 Å². The summed E-state index contributed by atoms with van der Waals surface area (Å²) in [5.41, 5.74) is 5.06. The van der Waals surface area contributed by atoms with E-state index in [-0.39, 0.29) is 0 Å². The molecule has 0 bridgehead atoms. The molecule has 0 nitrogen and oxygen atoms in total. The molecule has 0 spiro atoms. The van der Waals surface area contributed by atoms with Crippen LogP contribution >= 0.6 is 0 Å². The monoisotopic (exact) mass is 230 g/mol. The minimum Gasteiger partial charge on any atom is -0.115 e. The lowest BCUT2D eigenvalue weighted by Gasteiger charge is -2.11. The van der Waals surface area contributed by atoms with Crippen LogP contribution in [0, 0.1) is 12.3 Å². The van der Waals surface area contributed by atoms with Crippen molar-refractivity contribution >= 4 is 6.08 Å². The van der Waals surface area contributed by atoms with Gasteiger partial charge in [-0.25, -0.2) is 0 Å². The van der Waals surface area contributed by atoms with Crippen LogP contribution in [-0.2, 0) is 6.42 Å². The average molecular weight is 230 g/mol. The van der Waals surface area contributed by atoms with E-state index in [0.717, 1.165) is 12.0 Å². The first kappa shape index (κ1) is 10.9. The van der Waals surface area contributed by atoms with Gasteiger partial charge in [-0.05, 0) is 35.2 Å². The third-order valence-electron chi connectivity index (χ3n) is 3.48. The van der Waals surface area contributed by atoms with Crippen molar-refractivity contribution in [2.75, 3.05) is 0 Å². The SMILES string of the molecule is C#Cc1ccc(CC2C=Cc3ccccc32)cc1.